The third-order valence-electron chi connectivity index (χ3n) is 2.23. The second kappa shape index (κ2) is 3.84. The van der Waals surface area contributed by atoms with Crippen molar-refractivity contribution in [3.63, 3.8) is 0 Å². The average molecular weight is 181 g/mol. The van der Waals surface area contributed by atoms with Gasteiger partial charge >= 0.3 is 0 Å². The summed E-state index contributed by atoms with van der Waals surface area (Å²) in [5, 5.41) is 0. The van der Waals surface area contributed by atoms with Gasteiger partial charge in [0.05, 0.1) is 12.1 Å². The fourth-order valence-electron chi connectivity index (χ4n) is 1.56. The molecule has 0 spiro atoms. The minimum Gasteiger partial charge on any atom is -0.105 e. The summed E-state index contributed by atoms with van der Waals surface area (Å²) in [6.45, 7) is 4.51. The summed E-state index contributed by atoms with van der Waals surface area (Å²) in [6.07, 6.45) is 3.99. The van der Waals surface area contributed by atoms with Crippen molar-refractivity contribution in [2.45, 2.75) is 45.2 Å². The van der Waals surface area contributed by atoms with Crippen molar-refractivity contribution in [3.8, 4) is 0 Å². The third-order valence-corrected chi connectivity index (χ3v) is 3.72. The van der Waals surface area contributed by atoms with Crippen LogP contribution in [0.25, 0.3) is 0 Å². The van der Waals surface area contributed by atoms with Gasteiger partial charge in [-0.2, -0.15) is 0 Å². The van der Waals surface area contributed by atoms with Gasteiger partial charge < -0.3 is 0 Å². The van der Waals surface area contributed by atoms with Crippen LogP contribution in [0.5, 0.6) is 0 Å². The van der Waals surface area contributed by atoms with E-state index in [2.05, 4.69) is 18.2 Å². The van der Waals surface area contributed by atoms with E-state index in [9.17, 15) is 0 Å². The Balaban J connectivity index is 2.45. The Kier molecular flexibility index (Phi) is 3.34. The molecule has 0 aromatic carbocycles. The molecule has 1 saturated heterocycles. The van der Waals surface area contributed by atoms with Crippen molar-refractivity contribution >= 4 is 21.8 Å². The van der Waals surface area contributed by atoms with E-state index in [4.69, 9.17) is 10.7 Å². The number of hydrogen-bond donors (Lipinski definition) is 0. The van der Waals surface area contributed by atoms with Crippen molar-refractivity contribution in [1.82, 2.24) is 4.31 Å². The first-order chi connectivity index (χ1) is 4.75. The molecule has 2 atom stereocenters. The fraction of sp³-hybridized carbons (Fsp3) is 1.00. The van der Waals surface area contributed by atoms with Gasteiger partial charge in [-0.15, -0.1) is 4.31 Å². The van der Waals surface area contributed by atoms with E-state index in [-0.39, 0.29) is 0 Å². The molecule has 0 aliphatic carbocycles. The number of thiol groups is 1. The lowest BCUT2D eigenvalue weighted by atomic mass is 10.0. The third kappa shape index (κ3) is 1.80. The van der Waals surface area contributed by atoms with Crippen LogP contribution < -0.4 is 0 Å². The van der Waals surface area contributed by atoms with Crippen LogP contribution in [0.1, 0.15) is 33.1 Å². The first-order valence-corrected chi connectivity index (χ1v) is 5.61. The van der Waals surface area contributed by atoms with Gasteiger partial charge in [0.25, 0.3) is 0 Å². The highest BCUT2D eigenvalue weighted by Crippen LogP contribution is 2.23. The highest BCUT2D eigenvalue weighted by atomic mass is 35.7. The Bertz CT molecular complexity index is 99.8. The van der Waals surface area contributed by atoms with E-state index in [0.29, 0.717) is 12.1 Å². The molecule has 1 nitrogen and oxygen atoms in total. The second-order valence-corrected chi connectivity index (χ2v) is 4.15. The molecule has 0 bridgehead atoms. The van der Waals surface area contributed by atoms with Gasteiger partial charge in [0.1, 0.15) is 0 Å². The Morgan fingerprint density at radius 3 is 2.10 bits per heavy atom. The number of rotatable bonds is 1. The summed E-state index contributed by atoms with van der Waals surface area (Å²) in [5.74, 6) is 0. The maximum absolute atomic E-state index is 5.77. The van der Waals surface area contributed by atoms with Crippen molar-refractivity contribution in [2.24, 2.45) is 0 Å². The second-order valence-electron chi connectivity index (χ2n) is 3.08. The fourth-order valence-corrected chi connectivity index (χ4v) is 2.98. The Morgan fingerprint density at radius 2 is 1.80 bits per heavy atom. The van der Waals surface area contributed by atoms with Gasteiger partial charge in [0, 0.05) is 0 Å². The molecule has 60 valence electrons. The van der Waals surface area contributed by atoms with Crippen LogP contribution in [-0.4, -0.2) is 16.4 Å². The van der Waals surface area contributed by atoms with E-state index in [1.807, 2.05) is 0 Å². The molecule has 0 saturated carbocycles. The van der Waals surface area contributed by atoms with Crippen molar-refractivity contribution in [1.29, 1.82) is 0 Å². The van der Waals surface area contributed by atoms with Gasteiger partial charge in [-0.05, 0) is 26.7 Å². The Hall–Kier alpha value is 0.600. The molecule has 1 aliphatic rings. The molecule has 0 aromatic heterocycles. The van der Waals surface area contributed by atoms with Crippen molar-refractivity contribution < 1.29 is 0 Å². The lowest BCUT2D eigenvalue weighted by Crippen LogP contribution is -2.41. The molecule has 1 aliphatic heterocycles. The number of halogens is 1. The highest BCUT2D eigenvalue weighted by molar-refractivity contribution is 8.00. The Labute approximate surface area is 71.7 Å². The van der Waals surface area contributed by atoms with Crippen molar-refractivity contribution in [3.05, 3.63) is 0 Å². The van der Waals surface area contributed by atoms with Crippen LogP contribution in [-0.2, 0) is 11.2 Å². The normalized spacial score (nSPS) is 36.3. The molecule has 1 fully saturated rings. The largest absolute Gasteiger partial charge is 0.198 e. The molecule has 0 aromatic rings. The van der Waals surface area contributed by atoms with Crippen LogP contribution in [0.2, 0.25) is 0 Å². The summed E-state index contributed by atoms with van der Waals surface area (Å²) in [7, 11) is 5.77. The molecule has 0 radical (unpaired) electrons. The van der Waals surface area contributed by atoms with Gasteiger partial charge in [-0.3, -0.25) is 0 Å². The lowest BCUT2D eigenvalue weighted by Gasteiger charge is -2.29. The lowest BCUT2D eigenvalue weighted by molar-refractivity contribution is 0.224. The predicted molar refractivity (Wildman–Crippen MR) is 49.2 cm³/mol. The molecule has 10 heavy (non-hydrogen) atoms. The van der Waals surface area contributed by atoms with Crippen LogP contribution in [0.4, 0.5) is 0 Å². The molecule has 3 heteroatoms. The minimum atomic E-state index is 0.683. The molecule has 2 unspecified atom stereocenters. The molecular weight excluding hydrogens is 166 g/mol. The molecule has 1 heterocycles. The molecule has 0 amide bonds. The number of hydrogen-bond acceptors (Lipinski definition) is 1. The zero-order valence-electron chi connectivity index (χ0n) is 6.55. The quantitative estimate of drug-likeness (QED) is 0.442. The number of piperidine rings is 1. The van der Waals surface area contributed by atoms with Crippen LogP contribution in [0.15, 0.2) is 0 Å². The smallest absolute Gasteiger partial charge is 0.105 e. The van der Waals surface area contributed by atoms with Gasteiger partial charge in [0.15, 0.2) is 21.8 Å². The first kappa shape index (κ1) is 8.69. The zero-order chi connectivity index (χ0) is 7.56. The van der Waals surface area contributed by atoms with Crippen molar-refractivity contribution in [2.75, 3.05) is 0 Å². The first-order valence-electron chi connectivity index (χ1n) is 3.86. The van der Waals surface area contributed by atoms with Crippen LogP contribution >= 0.6 is 10.7 Å². The van der Waals surface area contributed by atoms with E-state index in [1.165, 1.54) is 19.3 Å². The summed E-state index contributed by atoms with van der Waals surface area (Å²) in [4.78, 5) is 0. The summed E-state index contributed by atoms with van der Waals surface area (Å²) >= 11 is 0.920. The standard InChI is InChI=1S/C7H14ClNS/c1-6-4-3-5-7(2)9(6)10-8/h6-7H,3-5H2,1-2H3/p+1. The van der Waals surface area contributed by atoms with E-state index >= 15 is 0 Å². The topological polar surface area (TPSA) is 3.24 Å². The van der Waals surface area contributed by atoms with E-state index in [1.54, 1.807) is 0 Å². The zero-order valence-corrected chi connectivity index (χ0v) is 8.20. The average Bonchev–Trinajstić information content (AvgIpc) is 1.88. The SMILES string of the molecule is CC1CCCC(C)N1[SH+]Cl. The summed E-state index contributed by atoms with van der Waals surface area (Å²) < 4.78 is 2.34. The number of nitrogens with zero attached hydrogens (tertiary/aromatic N) is 1. The molecular formula is C7H15ClNS+. The van der Waals surface area contributed by atoms with Crippen LogP contribution in [0, 0.1) is 0 Å². The monoisotopic (exact) mass is 180 g/mol. The summed E-state index contributed by atoms with van der Waals surface area (Å²) in [6, 6.07) is 1.37. The molecule has 0 N–H and O–H groups in total. The van der Waals surface area contributed by atoms with E-state index in [0.717, 1.165) is 11.2 Å². The molecule has 1 rings (SSSR count). The van der Waals surface area contributed by atoms with Crippen LogP contribution in [0.3, 0.4) is 0 Å². The Morgan fingerprint density at radius 1 is 1.30 bits per heavy atom. The maximum atomic E-state index is 5.77. The van der Waals surface area contributed by atoms with Gasteiger partial charge in [-0.25, -0.2) is 0 Å². The summed E-state index contributed by atoms with van der Waals surface area (Å²) in [5.41, 5.74) is 0. The van der Waals surface area contributed by atoms with Gasteiger partial charge in [-0.1, -0.05) is 6.42 Å². The van der Waals surface area contributed by atoms with Gasteiger partial charge in [0.2, 0.25) is 0 Å². The highest BCUT2D eigenvalue weighted by Gasteiger charge is 2.29. The predicted octanol–water partition coefficient (Wildman–Crippen LogP) is 2.13. The minimum absolute atomic E-state index is 0.683. The maximum Gasteiger partial charge on any atom is 0.198 e. The van der Waals surface area contributed by atoms with E-state index < -0.39 is 0 Å².